The molecule has 0 atom stereocenters. The van der Waals surface area contributed by atoms with E-state index in [4.69, 9.17) is 0 Å². The summed E-state index contributed by atoms with van der Waals surface area (Å²) in [6, 6.07) is 13.1. The molecule has 1 heterocycles. The van der Waals surface area contributed by atoms with Gasteiger partial charge in [0.15, 0.2) is 0 Å². The zero-order valence-electron chi connectivity index (χ0n) is 14.8. The second-order valence-electron chi connectivity index (χ2n) is 6.19. The van der Waals surface area contributed by atoms with E-state index in [1.54, 1.807) is 6.08 Å². The van der Waals surface area contributed by atoms with Crippen molar-refractivity contribution in [2.75, 3.05) is 11.9 Å². The summed E-state index contributed by atoms with van der Waals surface area (Å²) in [7, 11) is 0. The summed E-state index contributed by atoms with van der Waals surface area (Å²) < 4.78 is 0.878. The minimum atomic E-state index is -0.458. The third-order valence-corrected chi connectivity index (χ3v) is 5.38. The van der Waals surface area contributed by atoms with Gasteiger partial charge < -0.3 is 5.32 Å². The second kappa shape index (κ2) is 8.10. The smallest absolute Gasteiger partial charge is 0.294 e. The number of anilines is 1. The Morgan fingerprint density at radius 3 is 2.67 bits per heavy atom. The highest BCUT2D eigenvalue weighted by Crippen LogP contribution is 2.32. The number of rotatable bonds is 4. The molecule has 2 aromatic rings. The fraction of sp³-hybridized carbons (Fsp3) is 0.150. The van der Waals surface area contributed by atoms with Crippen LogP contribution in [0.25, 0.3) is 6.08 Å². The van der Waals surface area contributed by atoms with Crippen LogP contribution >= 0.6 is 27.7 Å². The number of hydrogen-bond acceptors (Lipinski definition) is 4. The van der Waals surface area contributed by atoms with Gasteiger partial charge in [0.25, 0.3) is 11.1 Å². The molecule has 0 bridgehead atoms. The lowest BCUT2D eigenvalue weighted by atomic mass is 10.1. The first-order valence-electron chi connectivity index (χ1n) is 8.21. The standard InChI is InChI=1S/C20H17BrN2O3S/c1-12-6-7-16(13(2)8-12)22-18(24)11-23-19(25)17(27-20(23)26)10-14-4-3-5-15(21)9-14/h3-10H,11H2,1-2H3,(H,22,24)/b17-10+. The SMILES string of the molecule is Cc1ccc(NC(=O)CN2C(=O)S/C(=C/c3cccc(Br)c3)C2=O)c(C)c1. The zero-order chi connectivity index (χ0) is 19.6. The Labute approximate surface area is 169 Å². The number of carbonyl (C=O) groups excluding carboxylic acids is 3. The number of nitrogens with zero attached hydrogens (tertiary/aromatic N) is 1. The zero-order valence-corrected chi connectivity index (χ0v) is 17.2. The van der Waals surface area contributed by atoms with Gasteiger partial charge in [-0.2, -0.15) is 0 Å². The Morgan fingerprint density at radius 2 is 1.96 bits per heavy atom. The predicted octanol–water partition coefficient (Wildman–Crippen LogP) is 4.74. The molecule has 3 amide bonds. The highest BCUT2D eigenvalue weighted by atomic mass is 79.9. The van der Waals surface area contributed by atoms with Crippen molar-refractivity contribution in [1.82, 2.24) is 4.90 Å². The van der Waals surface area contributed by atoms with Crippen LogP contribution in [0.3, 0.4) is 0 Å². The molecule has 0 spiro atoms. The summed E-state index contributed by atoms with van der Waals surface area (Å²) in [5.41, 5.74) is 3.48. The van der Waals surface area contributed by atoms with E-state index in [-0.39, 0.29) is 6.54 Å². The maximum atomic E-state index is 12.5. The molecule has 7 heteroatoms. The van der Waals surface area contributed by atoms with E-state index in [1.165, 1.54) is 0 Å². The Morgan fingerprint density at radius 1 is 1.19 bits per heavy atom. The average Bonchev–Trinajstić information content (AvgIpc) is 2.85. The normalized spacial score (nSPS) is 15.5. The van der Waals surface area contributed by atoms with E-state index < -0.39 is 17.1 Å². The van der Waals surface area contributed by atoms with E-state index in [9.17, 15) is 14.4 Å². The summed E-state index contributed by atoms with van der Waals surface area (Å²) in [5, 5.41) is 2.31. The minimum Gasteiger partial charge on any atom is -0.324 e. The van der Waals surface area contributed by atoms with Crippen LogP contribution in [0, 0.1) is 13.8 Å². The molecule has 5 nitrogen and oxygen atoms in total. The van der Waals surface area contributed by atoms with Crippen molar-refractivity contribution in [3.05, 3.63) is 68.5 Å². The fourth-order valence-corrected chi connectivity index (χ4v) is 3.93. The molecule has 1 fully saturated rings. The average molecular weight is 445 g/mol. The number of aryl methyl sites for hydroxylation is 2. The van der Waals surface area contributed by atoms with Crippen LogP contribution in [0.2, 0.25) is 0 Å². The molecule has 1 aliphatic heterocycles. The van der Waals surface area contributed by atoms with Crippen molar-refractivity contribution in [2.24, 2.45) is 0 Å². The number of amides is 3. The molecule has 1 N–H and O–H groups in total. The molecular formula is C20H17BrN2O3S. The number of benzene rings is 2. The molecule has 1 aliphatic rings. The third-order valence-electron chi connectivity index (χ3n) is 3.98. The highest BCUT2D eigenvalue weighted by molar-refractivity contribution is 9.10. The number of hydrogen-bond donors (Lipinski definition) is 1. The highest BCUT2D eigenvalue weighted by Gasteiger charge is 2.36. The lowest BCUT2D eigenvalue weighted by Crippen LogP contribution is -2.36. The Bertz CT molecular complexity index is 971. The van der Waals surface area contributed by atoms with Crippen LogP contribution in [0.5, 0.6) is 0 Å². The van der Waals surface area contributed by atoms with Crippen molar-refractivity contribution in [2.45, 2.75) is 13.8 Å². The van der Waals surface area contributed by atoms with E-state index in [0.29, 0.717) is 10.6 Å². The van der Waals surface area contributed by atoms with Crippen LogP contribution in [-0.4, -0.2) is 28.5 Å². The molecule has 0 aliphatic carbocycles. The van der Waals surface area contributed by atoms with Gasteiger partial charge in [-0.1, -0.05) is 45.8 Å². The van der Waals surface area contributed by atoms with E-state index >= 15 is 0 Å². The Kier molecular flexibility index (Phi) is 5.82. The predicted molar refractivity (Wildman–Crippen MR) is 111 cm³/mol. The third kappa shape index (κ3) is 4.67. The lowest BCUT2D eigenvalue weighted by molar-refractivity contribution is -0.127. The fourth-order valence-electron chi connectivity index (χ4n) is 2.67. The number of nitrogens with one attached hydrogen (secondary N) is 1. The summed E-state index contributed by atoms with van der Waals surface area (Å²) in [4.78, 5) is 38.3. The Hall–Kier alpha value is -2.38. The van der Waals surface area contributed by atoms with Crippen molar-refractivity contribution in [1.29, 1.82) is 0 Å². The molecule has 0 saturated carbocycles. The van der Waals surface area contributed by atoms with Crippen molar-refractivity contribution in [3.8, 4) is 0 Å². The quantitative estimate of drug-likeness (QED) is 0.691. The van der Waals surface area contributed by atoms with Crippen molar-refractivity contribution < 1.29 is 14.4 Å². The molecule has 0 aromatic heterocycles. The second-order valence-corrected chi connectivity index (χ2v) is 8.10. The molecular weight excluding hydrogens is 428 g/mol. The molecule has 0 radical (unpaired) electrons. The van der Waals surface area contributed by atoms with Crippen LogP contribution < -0.4 is 5.32 Å². The number of halogens is 1. The van der Waals surface area contributed by atoms with Gasteiger partial charge in [0.05, 0.1) is 4.91 Å². The maximum Gasteiger partial charge on any atom is 0.294 e. The molecule has 138 valence electrons. The molecule has 2 aromatic carbocycles. The molecule has 3 rings (SSSR count). The summed E-state index contributed by atoms with van der Waals surface area (Å²) in [5.74, 6) is -0.867. The van der Waals surface area contributed by atoms with Crippen LogP contribution in [-0.2, 0) is 9.59 Å². The molecule has 1 saturated heterocycles. The van der Waals surface area contributed by atoms with E-state index in [2.05, 4.69) is 21.2 Å². The number of carbonyl (C=O) groups is 3. The summed E-state index contributed by atoms with van der Waals surface area (Å²) in [6.45, 7) is 3.55. The van der Waals surface area contributed by atoms with Gasteiger partial charge in [-0.15, -0.1) is 0 Å². The first-order valence-corrected chi connectivity index (χ1v) is 9.82. The van der Waals surface area contributed by atoms with Crippen molar-refractivity contribution in [3.63, 3.8) is 0 Å². The summed E-state index contributed by atoms with van der Waals surface area (Å²) >= 11 is 4.21. The first-order chi connectivity index (χ1) is 12.8. The summed E-state index contributed by atoms with van der Waals surface area (Å²) in [6.07, 6.45) is 1.65. The van der Waals surface area contributed by atoms with E-state index in [0.717, 1.165) is 37.8 Å². The van der Waals surface area contributed by atoms with Crippen LogP contribution in [0.1, 0.15) is 16.7 Å². The monoisotopic (exact) mass is 444 g/mol. The molecule has 27 heavy (non-hydrogen) atoms. The van der Waals surface area contributed by atoms with E-state index in [1.807, 2.05) is 56.3 Å². The number of thioether (sulfide) groups is 1. The van der Waals surface area contributed by atoms with Gasteiger partial charge in [-0.3, -0.25) is 19.3 Å². The van der Waals surface area contributed by atoms with Gasteiger partial charge in [0.1, 0.15) is 6.54 Å². The van der Waals surface area contributed by atoms with Gasteiger partial charge in [-0.05, 0) is 61.0 Å². The lowest BCUT2D eigenvalue weighted by Gasteiger charge is -2.14. The topological polar surface area (TPSA) is 66.5 Å². The number of imide groups is 1. The largest absolute Gasteiger partial charge is 0.324 e. The van der Waals surface area contributed by atoms with Gasteiger partial charge in [0.2, 0.25) is 5.91 Å². The Balaban J connectivity index is 1.71. The van der Waals surface area contributed by atoms with Gasteiger partial charge >= 0.3 is 0 Å². The van der Waals surface area contributed by atoms with Crippen molar-refractivity contribution >= 4 is 56.5 Å². The van der Waals surface area contributed by atoms with Crippen LogP contribution in [0.4, 0.5) is 10.5 Å². The molecule has 0 unspecified atom stereocenters. The van der Waals surface area contributed by atoms with Gasteiger partial charge in [-0.25, -0.2) is 0 Å². The van der Waals surface area contributed by atoms with Gasteiger partial charge in [0, 0.05) is 10.2 Å². The first kappa shape index (κ1) is 19.4. The maximum absolute atomic E-state index is 12.5. The van der Waals surface area contributed by atoms with Crippen LogP contribution in [0.15, 0.2) is 51.8 Å². The minimum absolute atomic E-state index is 0.303.